The molecule has 1 aliphatic heterocycles. The molecule has 4 rings (SSSR count). The topological polar surface area (TPSA) is 68.5 Å². The molecule has 1 saturated heterocycles. The van der Waals surface area contributed by atoms with Gasteiger partial charge in [0, 0.05) is 36.1 Å². The summed E-state index contributed by atoms with van der Waals surface area (Å²) in [5.41, 5.74) is 2.64. The lowest BCUT2D eigenvalue weighted by molar-refractivity contribution is 0.0704. The van der Waals surface area contributed by atoms with Crippen LogP contribution in [0.25, 0.3) is 11.1 Å². The van der Waals surface area contributed by atoms with Crippen molar-refractivity contribution in [2.24, 2.45) is 0 Å². The third kappa shape index (κ3) is 4.08. The zero-order chi connectivity index (χ0) is 21.1. The van der Waals surface area contributed by atoms with E-state index in [-0.39, 0.29) is 17.7 Å². The highest BCUT2D eigenvalue weighted by molar-refractivity contribution is 5.95. The third-order valence-corrected chi connectivity index (χ3v) is 5.63. The lowest BCUT2D eigenvalue weighted by atomic mass is 9.95. The Kier molecular flexibility index (Phi) is 5.84. The van der Waals surface area contributed by atoms with Crippen LogP contribution >= 0.6 is 0 Å². The van der Waals surface area contributed by atoms with E-state index in [1.54, 1.807) is 7.11 Å². The minimum Gasteiger partial charge on any atom is -0.496 e. The highest BCUT2D eigenvalue weighted by Crippen LogP contribution is 2.31. The van der Waals surface area contributed by atoms with Gasteiger partial charge < -0.3 is 14.2 Å². The first-order chi connectivity index (χ1) is 14.6. The number of amides is 1. The number of ether oxygens (including phenoxy) is 1. The maximum absolute atomic E-state index is 13.1. The van der Waals surface area contributed by atoms with Gasteiger partial charge in [0.25, 0.3) is 5.91 Å². The van der Waals surface area contributed by atoms with Gasteiger partial charge in [0.1, 0.15) is 5.75 Å². The van der Waals surface area contributed by atoms with Crippen molar-refractivity contribution in [1.82, 2.24) is 15.0 Å². The van der Waals surface area contributed by atoms with Gasteiger partial charge in [0.05, 0.1) is 7.11 Å². The number of hydrogen-bond acceptors (Lipinski definition) is 5. The zero-order valence-electron chi connectivity index (χ0n) is 17.7. The van der Waals surface area contributed by atoms with Gasteiger partial charge >= 0.3 is 0 Å². The van der Waals surface area contributed by atoms with Gasteiger partial charge in [0.15, 0.2) is 5.82 Å². The number of likely N-dealkylation sites (tertiary alicyclic amines) is 1. The first-order valence-corrected chi connectivity index (χ1v) is 10.4. The fraction of sp³-hybridized carbons (Fsp3) is 0.375. The molecule has 2 aromatic carbocycles. The molecule has 2 heterocycles. The van der Waals surface area contributed by atoms with Gasteiger partial charge in [0.2, 0.25) is 5.89 Å². The van der Waals surface area contributed by atoms with Crippen LogP contribution in [0.1, 0.15) is 60.6 Å². The second-order valence-corrected chi connectivity index (χ2v) is 7.99. The zero-order valence-corrected chi connectivity index (χ0v) is 17.7. The number of carbonyl (C=O) groups excluding carboxylic acids is 1. The van der Waals surface area contributed by atoms with E-state index in [9.17, 15) is 4.79 Å². The Morgan fingerprint density at radius 3 is 2.60 bits per heavy atom. The van der Waals surface area contributed by atoms with Crippen molar-refractivity contribution >= 4 is 5.91 Å². The molecule has 6 heteroatoms. The summed E-state index contributed by atoms with van der Waals surface area (Å²) in [6.07, 6.45) is 1.66. The normalized spacial score (nSPS) is 14.9. The number of para-hydroxylation sites is 1. The molecular formula is C24H27N3O3. The van der Waals surface area contributed by atoms with Crippen molar-refractivity contribution in [2.75, 3.05) is 20.2 Å². The van der Waals surface area contributed by atoms with E-state index >= 15 is 0 Å². The van der Waals surface area contributed by atoms with E-state index in [1.807, 2.05) is 53.4 Å². The van der Waals surface area contributed by atoms with Gasteiger partial charge in [-0.3, -0.25) is 4.79 Å². The van der Waals surface area contributed by atoms with E-state index in [1.165, 1.54) is 0 Å². The summed E-state index contributed by atoms with van der Waals surface area (Å²) in [5.74, 6) is 2.76. The second kappa shape index (κ2) is 8.69. The Morgan fingerprint density at radius 1 is 1.13 bits per heavy atom. The predicted octanol–water partition coefficient (Wildman–Crippen LogP) is 4.89. The third-order valence-electron chi connectivity index (χ3n) is 5.63. The Hall–Kier alpha value is -3.15. The van der Waals surface area contributed by atoms with Crippen LogP contribution in [-0.2, 0) is 0 Å². The van der Waals surface area contributed by atoms with Crippen LogP contribution in [0.4, 0.5) is 0 Å². The van der Waals surface area contributed by atoms with Crippen LogP contribution in [0.3, 0.4) is 0 Å². The number of hydrogen-bond donors (Lipinski definition) is 0. The van der Waals surface area contributed by atoms with E-state index in [2.05, 4.69) is 24.0 Å². The van der Waals surface area contributed by atoms with Crippen LogP contribution in [0.5, 0.6) is 5.75 Å². The van der Waals surface area contributed by atoms with Gasteiger partial charge in [-0.2, -0.15) is 4.98 Å². The number of benzene rings is 2. The number of nitrogens with zero attached hydrogens (tertiary/aromatic N) is 3. The average Bonchev–Trinajstić information content (AvgIpc) is 3.29. The van der Waals surface area contributed by atoms with Crippen LogP contribution < -0.4 is 4.74 Å². The Bertz CT molecular complexity index is 1020. The molecule has 1 fully saturated rings. The maximum atomic E-state index is 13.1. The Balaban J connectivity index is 1.45. The molecule has 0 radical (unpaired) electrons. The fourth-order valence-corrected chi connectivity index (χ4v) is 3.86. The number of carbonyl (C=O) groups is 1. The minimum absolute atomic E-state index is 0.0543. The van der Waals surface area contributed by atoms with E-state index in [4.69, 9.17) is 9.26 Å². The lowest BCUT2D eigenvalue weighted by Gasteiger charge is -2.30. The molecule has 0 unspecified atom stereocenters. The molecule has 0 atom stereocenters. The van der Waals surface area contributed by atoms with Gasteiger partial charge in [-0.05, 0) is 36.6 Å². The molecule has 1 aromatic heterocycles. The molecule has 1 aliphatic rings. The molecule has 0 bridgehead atoms. The SMILES string of the molecule is COc1ccccc1-c1cccc(C(=O)N2CCC(c3nc(C(C)C)no3)CC2)c1. The van der Waals surface area contributed by atoms with Crippen molar-refractivity contribution in [3.05, 3.63) is 65.8 Å². The smallest absolute Gasteiger partial charge is 0.253 e. The molecular weight excluding hydrogens is 378 g/mol. The Morgan fingerprint density at radius 2 is 1.90 bits per heavy atom. The van der Waals surface area contributed by atoms with E-state index < -0.39 is 0 Å². The highest BCUT2D eigenvalue weighted by atomic mass is 16.5. The summed E-state index contributed by atoms with van der Waals surface area (Å²) >= 11 is 0. The molecule has 1 amide bonds. The molecule has 6 nitrogen and oxygen atoms in total. The van der Waals surface area contributed by atoms with Gasteiger partial charge in [-0.15, -0.1) is 0 Å². The predicted molar refractivity (Wildman–Crippen MR) is 115 cm³/mol. The molecule has 156 valence electrons. The summed E-state index contributed by atoms with van der Waals surface area (Å²) in [6.45, 7) is 5.47. The molecule has 0 spiro atoms. The molecule has 0 aliphatic carbocycles. The lowest BCUT2D eigenvalue weighted by Crippen LogP contribution is -2.38. The van der Waals surface area contributed by atoms with Crippen molar-refractivity contribution in [3.8, 4) is 16.9 Å². The number of methoxy groups -OCH3 is 1. The standard InChI is InChI=1S/C24H27N3O3/c1-16(2)22-25-23(30-26-22)17-11-13-27(14-12-17)24(28)19-8-6-7-18(15-19)20-9-4-5-10-21(20)29-3/h4-10,15-17H,11-14H2,1-3H3. The van der Waals surface area contributed by atoms with Gasteiger partial charge in [-0.25, -0.2) is 0 Å². The minimum atomic E-state index is 0.0543. The fourth-order valence-electron chi connectivity index (χ4n) is 3.86. The summed E-state index contributed by atoms with van der Waals surface area (Å²) in [6, 6.07) is 15.6. The average molecular weight is 405 g/mol. The molecule has 0 saturated carbocycles. The number of piperidine rings is 1. The van der Waals surface area contributed by atoms with Crippen molar-refractivity contribution in [1.29, 1.82) is 0 Å². The summed E-state index contributed by atoms with van der Waals surface area (Å²) in [4.78, 5) is 19.6. The highest BCUT2D eigenvalue weighted by Gasteiger charge is 2.28. The van der Waals surface area contributed by atoms with Crippen molar-refractivity contribution in [2.45, 2.75) is 38.5 Å². The summed E-state index contributed by atoms with van der Waals surface area (Å²) < 4.78 is 10.9. The first kappa shape index (κ1) is 20.1. The van der Waals surface area contributed by atoms with Crippen molar-refractivity contribution < 1.29 is 14.1 Å². The van der Waals surface area contributed by atoms with Crippen LogP contribution in [-0.4, -0.2) is 41.1 Å². The molecule has 3 aromatic rings. The van der Waals surface area contributed by atoms with E-state index in [0.29, 0.717) is 24.5 Å². The summed E-state index contributed by atoms with van der Waals surface area (Å²) in [7, 11) is 1.66. The van der Waals surface area contributed by atoms with Crippen molar-refractivity contribution in [3.63, 3.8) is 0 Å². The summed E-state index contributed by atoms with van der Waals surface area (Å²) in [5, 5.41) is 4.07. The largest absolute Gasteiger partial charge is 0.496 e. The monoisotopic (exact) mass is 405 g/mol. The van der Waals surface area contributed by atoms with Crippen LogP contribution in [0.15, 0.2) is 53.1 Å². The van der Waals surface area contributed by atoms with Crippen LogP contribution in [0, 0.1) is 0 Å². The first-order valence-electron chi connectivity index (χ1n) is 10.4. The molecule has 0 N–H and O–H groups in total. The number of rotatable bonds is 5. The van der Waals surface area contributed by atoms with Gasteiger partial charge in [-0.1, -0.05) is 49.3 Å². The quantitative estimate of drug-likeness (QED) is 0.605. The second-order valence-electron chi connectivity index (χ2n) is 7.99. The maximum Gasteiger partial charge on any atom is 0.253 e. The Labute approximate surface area is 176 Å². The van der Waals surface area contributed by atoms with E-state index in [0.717, 1.165) is 35.5 Å². The number of aromatic nitrogens is 2. The molecule has 30 heavy (non-hydrogen) atoms. The van der Waals surface area contributed by atoms with Crippen LogP contribution in [0.2, 0.25) is 0 Å².